The van der Waals surface area contributed by atoms with E-state index in [9.17, 15) is 8.42 Å². The minimum atomic E-state index is -3.32. The zero-order chi connectivity index (χ0) is 19.3. The lowest BCUT2D eigenvalue weighted by molar-refractivity contribution is 0.122. The molecule has 0 aliphatic carbocycles. The zero-order valence-electron chi connectivity index (χ0n) is 15.5. The average Bonchev–Trinajstić information content (AvgIpc) is 2.68. The van der Waals surface area contributed by atoms with Gasteiger partial charge in [-0.05, 0) is 42.9 Å². The second kappa shape index (κ2) is 9.06. The summed E-state index contributed by atoms with van der Waals surface area (Å²) in [4.78, 5) is 4.69. The van der Waals surface area contributed by atoms with Gasteiger partial charge in [0.25, 0.3) is 0 Å². The number of anilines is 1. The first kappa shape index (κ1) is 20.1. The van der Waals surface area contributed by atoms with Crippen molar-refractivity contribution < 1.29 is 13.2 Å². The molecule has 27 heavy (non-hydrogen) atoms. The Labute approximate surface area is 166 Å². The van der Waals surface area contributed by atoms with Gasteiger partial charge in [-0.1, -0.05) is 29.8 Å². The van der Waals surface area contributed by atoms with E-state index in [-0.39, 0.29) is 5.75 Å². The van der Waals surface area contributed by atoms with Crippen LogP contribution >= 0.6 is 11.6 Å². The molecular formula is C20H25ClN2O3S. The highest BCUT2D eigenvalue weighted by molar-refractivity contribution is 7.91. The minimum Gasteiger partial charge on any atom is -0.378 e. The largest absolute Gasteiger partial charge is 0.378 e. The third kappa shape index (κ3) is 5.45. The molecule has 2 aromatic carbocycles. The van der Waals surface area contributed by atoms with Crippen LogP contribution in [0.5, 0.6) is 0 Å². The van der Waals surface area contributed by atoms with Crippen LogP contribution < -0.4 is 4.90 Å². The number of halogens is 1. The zero-order valence-corrected chi connectivity index (χ0v) is 17.0. The number of sulfone groups is 1. The summed E-state index contributed by atoms with van der Waals surface area (Å²) in [6.45, 7) is 4.40. The first-order valence-corrected chi connectivity index (χ1v) is 11.1. The number of rotatable bonds is 7. The van der Waals surface area contributed by atoms with E-state index in [1.54, 1.807) is 24.3 Å². The SMILES string of the molecule is CN(CCS(=O)(=O)c1ccc(Cl)cc1)Cc1ccccc1N1CCOCC1. The molecule has 0 radical (unpaired) electrons. The van der Waals surface area contributed by atoms with Gasteiger partial charge in [-0.25, -0.2) is 8.42 Å². The van der Waals surface area contributed by atoms with Crippen molar-refractivity contribution in [2.45, 2.75) is 11.4 Å². The molecule has 0 atom stereocenters. The Bertz CT molecular complexity index is 850. The van der Waals surface area contributed by atoms with E-state index < -0.39 is 9.84 Å². The number of nitrogens with zero attached hydrogens (tertiary/aromatic N) is 2. The first-order valence-electron chi connectivity index (χ1n) is 9.03. The third-order valence-corrected chi connectivity index (χ3v) is 6.66. The Hall–Kier alpha value is -1.60. The molecule has 7 heteroatoms. The monoisotopic (exact) mass is 408 g/mol. The van der Waals surface area contributed by atoms with Gasteiger partial charge in [-0.2, -0.15) is 0 Å². The number of hydrogen-bond acceptors (Lipinski definition) is 5. The molecule has 2 aromatic rings. The lowest BCUT2D eigenvalue weighted by Crippen LogP contribution is -2.37. The fraction of sp³-hybridized carbons (Fsp3) is 0.400. The van der Waals surface area contributed by atoms with Crippen LogP contribution in [0, 0.1) is 0 Å². The quantitative estimate of drug-likeness (QED) is 0.704. The van der Waals surface area contributed by atoms with Gasteiger partial charge in [0.2, 0.25) is 0 Å². The van der Waals surface area contributed by atoms with Crippen LogP contribution in [-0.4, -0.2) is 59.0 Å². The maximum atomic E-state index is 12.5. The van der Waals surface area contributed by atoms with Gasteiger partial charge in [0.05, 0.1) is 23.9 Å². The average molecular weight is 409 g/mol. The van der Waals surface area contributed by atoms with Crippen molar-refractivity contribution in [1.29, 1.82) is 0 Å². The molecule has 0 bridgehead atoms. The maximum absolute atomic E-state index is 12.5. The summed E-state index contributed by atoms with van der Waals surface area (Å²) in [7, 11) is -1.37. The molecule has 1 saturated heterocycles. The van der Waals surface area contributed by atoms with Gasteiger partial charge in [0.15, 0.2) is 9.84 Å². The summed E-state index contributed by atoms with van der Waals surface area (Å²) in [5.41, 5.74) is 2.40. The molecule has 1 aliphatic rings. The normalized spacial score (nSPS) is 15.3. The molecule has 146 valence electrons. The van der Waals surface area contributed by atoms with Gasteiger partial charge in [0.1, 0.15) is 0 Å². The van der Waals surface area contributed by atoms with E-state index in [1.807, 2.05) is 24.1 Å². The molecule has 0 unspecified atom stereocenters. The van der Waals surface area contributed by atoms with Crippen molar-refractivity contribution in [3.05, 3.63) is 59.1 Å². The molecular weight excluding hydrogens is 384 g/mol. The highest BCUT2D eigenvalue weighted by atomic mass is 35.5. The van der Waals surface area contributed by atoms with Crippen LogP contribution in [0.15, 0.2) is 53.4 Å². The number of benzene rings is 2. The molecule has 1 fully saturated rings. The van der Waals surface area contributed by atoms with Crippen molar-refractivity contribution in [2.75, 3.05) is 50.5 Å². The van der Waals surface area contributed by atoms with E-state index in [0.29, 0.717) is 23.0 Å². The van der Waals surface area contributed by atoms with Gasteiger partial charge in [-0.15, -0.1) is 0 Å². The maximum Gasteiger partial charge on any atom is 0.179 e. The number of para-hydroxylation sites is 1. The highest BCUT2D eigenvalue weighted by Crippen LogP contribution is 2.23. The Morgan fingerprint density at radius 3 is 2.44 bits per heavy atom. The lowest BCUT2D eigenvalue weighted by Gasteiger charge is -2.31. The van der Waals surface area contributed by atoms with Crippen molar-refractivity contribution >= 4 is 27.1 Å². The fourth-order valence-corrected chi connectivity index (χ4v) is 4.63. The molecule has 1 heterocycles. The summed E-state index contributed by atoms with van der Waals surface area (Å²) in [5, 5.41) is 0.533. The Morgan fingerprint density at radius 2 is 1.74 bits per heavy atom. The van der Waals surface area contributed by atoms with E-state index in [0.717, 1.165) is 26.3 Å². The molecule has 1 aliphatic heterocycles. The van der Waals surface area contributed by atoms with Crippen molar-refractivity contribution in [3.63, 3.8) is 0 Å². The number of morpholine rings is 1. The molecule has 3 rings (SSSR count). The van der Waals surface area contributed by atoms with Crippen LogP contribution in [0.25, 0.3) is 0 Å². The van der Waals surface area contributed by atoms with Crippen molar-refractivity contribution in [2.24, 2.45) is 0 Å². The van der Waals surface area contributed by atoms with E-state index in [1.165, 1.54) is 11.3 Å². The Kier molecular flexibility index (Phi) is 6.76. The van der Waals surface area contributed by atoms with Gasteiger partial charge in [-0.3, -0.25) is 0 Å². The van der Waals surface area contributed by atoms with Gasteiger partial charge in [0, 0.05) is 36.9 Å². The highest BCUT2D eigenvalue weighted by Gasteiger charge is 2.18. The second-order valence-electron chi connectivity index (χ2n) is 6.74. The molecule has 0 spiro atoms. The van der Waals surface area contributed by atoms with E-state index >= 15 is 0 Å². The molecule has 0 N–H and O–H groups in total. The van der Waals surface area contributed by atoms with Gasteiger partial charge >= 0.3 is 0 Å². The van der Waals surface area contributed by atoms with Crippen molar-refractivity contribution in [3.8, 4) is 0 Å². The van der Waals surface area contributed by atoms with E-state index in [4.69, 9.17) is 16.3 Å². The summed E-state index contributed by atoms with van der Waals surface area (Å²) < 4.78 is 30.5. The van der Waals surface area contributed by atoms with Crippen LogP contribution in [0.3, 0.4) is 0 Å². The van der Waals surface area contributed by atoms with E-state index in [2.05, 4.69) is 17.0 Å². The summed E-state index contributed by atoms with van der Waals surface area (Å²) in [6, 6.07) is 14.6. The Morgan fingerprint density at radius 1 is 1.07 bits per heavy atom. The molecule has 5 nitrogen and oxygen atoms in total. The summed E-state index contributed by atoms with van der Waals surface area (Å²) in [5.74, 6) is 0.0743. The standard InChI is InChI=1S/C20H25ClN2O3S/c1-22(12-15-27(24,25)19-8-6-18(21)7-9-19)16-17-4-2-3-5-20(17)23-10-13-26-14-11-23/h2-9H,10-16H2,1H3. The van der Waals surface area contributed by atoms with Crippen molar-refractivity contribution in [1.82, 2.24) is 4.90 Å². The molecule has 0 saturated carbocycles. The predicted octanol–water partition coefficient (Wildman–Crippen LogP) is 3.08. The topological polar surface area (TPSA) is 49.9 Å². The fourth-order valence-electron chi connectivity index (χ4n) is 3.16. The molecule has 0 aromatic heterocycles. The lowest BCUT2D eigenvalue weighted by atomic mass is 10.1. The molecule has 0 amide bonds. The third-order valence-electron chi connectivity index (χ3n) is 4.70. The smallest absolute Gasteiger partial charge is 0.179 e. The minimum absolute atomic E-state index is 0.0743. The van der Waals surface area contributed by atoms with Crippen LogP contribution in [-0.2, 0) is 21.1 Å². The number of ether oxygens (including phenoxy) is 1. The van der Waals surface area contributed by atoms with Crippen LogP contribution in [0.4, 0.5) is 5.69 Å². The summed E-state index contributed by atoms with van der Waals surface area (Å²) >= 11 is 5.84. The van der Waals surface area contributed by atoms with Gasteiger partial charge < -0.3 is 14.5 Å². The summed E-state index contributed by atoms with van der Waals surface area (Å²) in [6.07, 6.45) is 0. The second-order valence-corrected chi connectivity index (χ2v) is 9.28. The van der Waals surface area contributed by atoms with Crippen LogP contribution in [0.2, 0.25) is 5.02 Å². The predicted molar refractivity (Wildman–Crippen MR) is 109 cm³/mol. The first-order chi connectivity index (χ1) is 13.0. The van der Waals surface area contributed by atoms with Crippen LogP contribution in [0.1, 0.15) is 5.56 Å². The number of hydrogen-bond donors (Lipinski definition) is 0. The Balaban J connectivity index is 1.62.